The molecular formula is C13H22N2O2S2. The van der Waals surface area contributed by atoms with E-state index in [-0.39, 0.29) is 4.90 Å². The normalized spacial score (nSPS) is 12.3. The number of hydrogen-bond acceptors (Lipinski definition) is 4. The Kier molecular flexibility index (Phi) is 5.70. The monoisotopic (exact) mass is 302 g/mol. The number of anilines is 1. The van der Waals surface area contributed by atoms with Crippen LogP contribution in [0.2, 0.25) is 0 Å². The van der Waals surface area contributed by atoms with E-state index in [0.717, 1.165) is 17.1 Å². The van der Waals surface area contributed by atoms with E-state index in [9.17, 15) is 8.42 Å². The van der Waals surface area contributed by atoms with Crippen molar-refractivity contribution >= 4 is 27.5 Å². The molecule has 0 aliphatic rings. The van der Waals surface area contributed by atoms with Crippen molar-refractivity contribution in [1.29, 1.82) is 0 Å². The Morgan fingerprint density at radius 1 is 1.32 bits per heavy atom. The lowest BCUT2D eigenvalue weighted by atomic mass is 10.2. The zero-order valence-corrected chi connectivity index (χ0v) is 13.5. The molecule has 0 aliphatic heterocycles. The molecule has 1 aromatic carbocycles. The maximum Gasteiger partial charge on any atom is 0.244 e. The summed E-state index contributed by atoms with van der Waals surface area (Å²) in [4.78, 5) is 1.02. The molecule has 0 aromatic heterocycles. The van der Waals surface area contributed by atoms with E-state index in [1.165, 1.54) is 18.4 Å². The lowest BCUT2D eigenvalue weighted by molar-refractivity contribution is 0.521. The smallest absolute Gasteiger partial charge is 0.244 e. The van der Waals surface area contributed by atoms with Gasteiger partial charge in [0.2, 0.25) is 10.0 Å². The topological polar surface area (TPSA) is 63.4 Å². The number of nitrogen functional groups attached to an aromatic ring is 1. The summed E-state index contributed by atoms with van der Waals surface area (Å²) in [5.74, 6) is 1.57. The third-order valence-corrected chi connectivity index (χ3v) is 5.72. The van der Waals surface area contributed by atoms with E-state index < -0.39 is 10.0 Å². The highest BCUT2D eigenvalue weighted by Crippen LogP contribution is 2.32. The van der Waals surface area contributed by atoms with Crippen LogP contribution in [0.1, 0.15) is 20.3 Å². The lowest BCUT2D eigenvalue weighted by Gasteiger charge is -2.15. The van der Waals surface area contributed by atoms with E-state index >= 15 is 0 Å². The minimum Gasteiger partial charge on any atom is -0.397 e. The van der Waals surface area contributed by atoms with Crippen molar-refractivity contribution in [1.82, 2.24) is 4.31 Å². The Balaban J connectivity index is 2.99. The van der Waals surface area contributed by atoms with Gasteiger partial charge in [0.1, 0.15) is 4.90 Å². The third kappa shape index (κ3) is 4.12. The van der Waals surface area contributed by atoms with Crippen LogP contribution in [0.15, 0.2) is 28.0 Å². The molecule has 0 spiro atoms. The average Bonchev–Trinajstić information content (AvgIpc) is 2.30. The fourth-order valence-electron chi connectivity index (χ4n) is 1.48. The molecule has 0 bridgehead atoms. The van der Waals surface area contributed by atoms with Gasteiger partial charge < -0.3 is 5.73 Å². The van der Waals surface area contributed by atoms with Crippen LogP contribution in [-0.2, 0) is 10.0 Å². The largest absolute Gasteiger partial charge is 0.397 e. The Labute approximate surface area is 120 Å². The zero-order chi connectivity index (χ0) is 14.6. The number of hydrogen-bond donors (Lipinski definition) is 1. The maximum atomic E-state index is 12.1. The molecular weight excluding hydrogens is 280 g/mol. The molecule has 0 unspecified atom stereocenters. The van der Waals surface area contributed by atoms with E-state index in [1.54, 1.807) is 23.9 Å². The molecule has 0 atom stereocenters. The second-order valence-electron chi connectivity index (χ2n) is 4.99. The van der Waals surface area contributed by atoms with Gasteiger partial charge >= 0.3 is 0 Å². The first-order valence-electron chi connectivity index (χ1n) is 6.20. The first-order chi connectivity index (χ1) is 8.76. The first kappa shape index (κ1) is 16.3. The number of benzene rings is 1. The van der Waals surface area contributed by atoms with Crippen LogP contribution in [0.25, 0.3) is 0 Å². The average molecular weight is 302 g/mol. The summed E-state index contributed by atoms with van der Waals surface area (Å²) in [6.07, 6.45) is 1.08. The van der Waals surface area contributed by atoms with Crippen molar-refractivity contribution in [2.75, 3.05) is 25.6 Å². The predicted molar refractivity (Wildman–Crippen MR) is 81.9 cm³/mol. The van der Waals surface area contributed by atoms with Crippen LogP contribution >= 0.6 is 11.8 Å². The molecule has 108 valence electrons. The summed E-state index contributed by atoms with van der Waals surface area (Å²) in [5, 5.41) is 0. The van der Waals surface area contributed by atoms with Crippen LogP contribution in [0, 0.1) is 5.92 Å². The highest BCUT2D eigenvalue weighted by atomic mass is 32.2. The van der Waals surface area contributed by atoms with Gasteiger partial charge in [-0.3, -0.25) is 0 Å². The van der Waals surface area contributed by atoms with Gasteiger partial charge in [0, 0.05) is 19.0 Å². The molecule has 0 fully saturated rings. The summed E-state index contributed by atoms with van der Waals surface area (Å²) < 4.78 is 25.4. The Hall–Kier alpha value is -0.720. The van der Waals surface area contributed by atoms with Gasteiger partial charge in [-0.05, 0) is 30.2 Å². The predicted octanol–water partition coefficient (Wildman–Crippen LogP) is 2.66. The number of para-hydroxylation sites is 1. The van der Waals surface area contributed by atoms with E-state index in [0.29, 0.717) is 11.6 Å². The number of sulfonamides is 1. The number of rotatable bonds is 6. The molecule has 2 N–H and O–H groups in total. The van der Waals surface area contributed by atoms with Crippen molar-refractivity contribution in [3.05, 3.63) is 18.2 Å². The second kappa shape index (κ2) is 6.63. The summed E-state index contributed by atoms with van der Waals surface area (Å²) >= 11 is 1.61. The highest BCUT2D eigenvalue weighted by molar-refractivity contribution is 7.99. The zero-order valence-electron chi connectivity index (χ0n) is 11.9. The van der Waals surface area contributed by atoms with E-state index in [1.807, 2.05) is 6.07 Å². The fraction of sp³-hybridized carbons (Fsp3) is 0.538. The molecule has 1 rings (SSSR count). The molecule has 4 nitrogen and oxygen atoms in total. The number of nitrogens with two attached hydrogens (primary N) is 1. The minimum atomic E-state index is -3.48. The molecule has 0 saturated heterocycles. The van der Waals surface area contributed by atoms with E-state index in [2.05, 4.69) is 13.8 Å². The fourth-order valence-corrected chi connectivity index (χ4v) is 3.82. The lowest BCUT2D eigenvalue weighted by Crippen LogP contribution is -2.23. The third-order valence-electron chi connectivity index (χ3n) is 2.74. The second-order valence-corrected chi connectivity index (χ2v) is 8.24. The van der Waals surface area contributed by atoms with Gasteiger partial charge in [-0.1, -0.05) is 19.9 Å². The SMILES string of the molecule is CC(C)CCSc1cccc(S(=O)(=O)N(C)C)c1N. The number of thioether (sulfide) groups is 1. The van der Waals surface area contributed by atoms with Gasteiger partial charge in [-0.15, -0.1) is 11.8 Å². The molecule has 0 amide bonds. The van der Waals surface area contributed by atoms with Crippen LogP contribution in [0.5, 0.6) is 0 Å². The Bertz CT molecular complexity index is 525. The molecule has 1 aromatic rings. The standard InChI is InChI=1S/C13H22N2O2S2/c1-10(2)8-9-18-11-6-5-7-12(13(11)14)19(16,17)15(3)4/h5-7,10H,8-9,14H2,1-4H3. The van der Waals surface area contributed by atoms with Crippen molar-refractivity contribution in [2.24, 2.45) is 5.92 Å². The van der Waals surface area contributed by atoms with Gasteiger partial charge in [-0.2, -0.15) is 0 Å². The summed E-state index contributed by atoms with van der Waals surface area (Å²) in [7, 11) is -0.462. The molecule has 0 aliphatic carbocycles. The quantitative estimate of drug-likeness (QED) is 0.648. The summed E-state index contributed by atoms with van der Waals surface area (Å²) in [5.41, 5.74) is 6.35. The summed E-state index contributed by atoms with van der Waals surface area (Å²) in [6.45, 7) is 4.33. The molecule has 6 heteroatoms. The van der Waals surface area contributed by atoms with E-state index in [4.69, 9.17) is 5.73 Å². The summed E-state index contributed by atoms with van der Waals surface area (Å²) in [6, 6.07) is 5.16. The molecule has 0 heterocycles. The van der Waals surface area contributed by atoms with Gasteiger partial charge in [-0.25, -0.2) is 12.7 Å². The molecule has 0 radical (unpaired) electrons. The van der Waals surface area contributed by atoms with Crippen LogP contribution in [-0.4, -0.2) is 32.6 Å². The highest BCUT2D eigenvalue weighted by Gasteiger charge is 2.21. The van der Waals surface area contributed by atoms with Crippen molar-refractivity contribution < 1.29 is 8.42 Å². The van der Waals surface area contributed by atoms with Crippen LogP contribution < -0.4 is 5.73 Å². The van der Waals surface area contributed by atoms with Crippen molar-refractivity contribution in [3.8, 4) is 0 Å². The van der Waals surface area contributed by atoms with Crippen molar-refractivity contribution in [2.45, 2.75) is 30.1 Å². The van der Waals surface area contributed by atoms with Gasteiger partial charge in [0.25, 0.3) is 0 Å². The Morgan fingerprint density at radius 3 is 2.47 bits per heavy atom. The maximum absolute atomic E-state index is 12.1. The Morgan fingerprint density at radius 2 is 1.95 bits per heavy atom. The minimum absolute atomic E-state index is 0.187. The van der Waals surface area contributed by atoms with Gasteiger partial charge in [0.15, 0.2) is 0 Å². The molecule has 19 heavy (non-hydrogen) atoms. The van der Waals surface area contributed by atoms with Crippen molar-refractivity contribution in [3.63, 3.8) is 0 Å². The van der Waals surface area contributed by atoms with Gasteiger partial charge in [0.05, 0.1) is 5.69 Å². The first-order valence-corrected chi connectivity index (χ1v) is 8.63. The van der Waals surface area contributed by atoms with Crippen LogP contribution in [0.3, 0.4) is 0 Å². The number of nitrogens with zero attached hydrogens (tertiary/aromatic N) is 1. The van der Waals surface area contributed by atoms with Crippen LogP contribution in [0.4, 0.5) is 5.69 Å². The molecule has 0 saturated carbocycles.